The number of aliphatic carboxylic acids is 5. The smallest absolute Gasteiger partial charge is 0.550 e. The molecular weight excluding hydrogens is 366 g/mol. The van der Waals surface area contributed by atoms with E-state index < -0.39 is 29.8 Å². The molecule has 1 radical (unpaired) electrons. The van der Waals surface area contributed by atoms with Crippen LogP contribution >= 0.6 is 0 Å². The fraction of sp³-hybridized carbons (Fsp3) is 0.500. The molecule has 0 bridgehead atoms. The Balaban J connectivity index is -0.0000000250. The minimum atomic E-state index is -1.08. The second-order valence-electron chi connectivity index (χ2n) is 2.46. The summed E-state index contributed by atoms with van der Waals surface area (Å²) in [7, 11) is 0. The van der Waals surface area contributed by atoms with Crippen molar-refractivity contribution < 1.29 is 66.3 Å². The molecule has 0 heterocycles. The fourth-order valence-corrected chi connectivity index (χ4v) is 0. The van der Waals surface area contributed by atoms with E-state index in [4.69, 9.17) is 49.5 Å². The van der Waals surface area contributed by atoms with E-state index in [9.17, 15) is 0 Å². The first-order chi connectivity index (χ1) is 8.66. The summed E-state index contributed by atoms with van der Waals surface area (Å²) in [5.74, 6) is -5.42. The Labute approximate surface area is 148 Å². The van der Waals surface area contributed by atoms with Crippen LogP contribution in [-0.2, 0) is 40.8 Å². The van der Waals surface area contributed by atoms with E-state index in [1.165, 1.54) is 0 Å². The van der Waals surface area contributed by atoms with Crippen molar-refractivity contribution in [2.45, 2.75) is 34.6 Å². The van der Waals surface area contributed by atoms with E-state index in [1.807, 2.05) is 0 Å². The molecule has 0 aliphatic heterocycles. The number of carbonyl (C=O) groups excluding carboxylic acids is 5. The molecule has 0 aromatic carbocycles. The molecule has 0 aromatic heterocycles. The van der Waals surface area contributed by atoms with Crippen molar-refractivity contribution in [3.63, 3.8) is 0 Å². The molecule has 0 atom stereocenters. The van der Waals surface area contributed by atoms with Gasteiger partial charge in [0.25, 0.3) is 0 Å². The van der Waals surface area contributed by atoms with Crippen LogP contribution in [0.2, 0.25) is 0 Å². The van der Waals surface area contributed by atoms with E-state index in [0.717, 1.165) is 34.6 Å². The predicted octanol–water partition coefficient (Wildman–Crippen LogP) is -6.60. The number of carbonyl (C=O) groups is 5. The molecule has 22 heavy (non-hydrogen) atoms. The topological polar surface area (TPSA) is 201 Å². The van der Waals surface area contributed by atoms with Gasteiger partial charge in [0, 0.05) is 29.8 Å². The maximum Gasteiger partial charge on any atom is 3.00 e. The molecule has 0 saturated heterocycles. The van der Waals surface area contributed by atoms with E-state index >= 15 is 0 Å². The van der Waals surface area contributed by atoms with Gasteiger partial charge in [0.1, 0.15) is 0 Å². The van der Waals surface area contributed by atoms with Gasteiger partial charge in [-0.3, -0.25) is 0 Å². The van der Waals surface area contributed by atoms with Crippen LogP contribution in [0.3, 0.4) is 0 Å². The summed E-state index contributed by atoms with van der Waals surface area (Å²) in [6.07, 6.45) is 0. The fourth-order valence-electron chi connectivity index (χ4n) is 0. The molecule has 0 fully saturated rings. The van der Waals surface area contributed by atoms with Gasteiger partial charge in [-0.1, -0.05) is 0 Å². The normalized spacial score (nSPS) is 5.68. The molecule has 0 saturated carbocycles. The van der Waals surface area contributed by atoms with E-state index in [0.29, 0.717) is 0 Å². The standard InChI is InChI=1S/5C2H4O2.Al.Co/c5*1-2(3)4;;/h5*1H3,(H,3,4);;/q;;;;;+3;+2/p-5. The van der Waals surface area contributed by atoms with Crippen molar-refractivity contribution in [3.8, 4) is 0 Å². The molecule has 127 valence electrons. The predicted molar refractivity (Wildman–Crippen MR) is 59.2 cm³/mol. The van der Waals surface area contributed by atoms with Crippen molar-refractivity contribution in [1.29, 1.82) is 0 Å². The summed E-state index contributed by atoms with van der Waals surface area (Å²) in [6.45, 7) is 4.86. The minimum Gasteiger partial charge on any atom is -0.550 e. The van der Waals surface area contributed by atoms with E-state index in [-0.39, 0.29) is 34.1 Å². The molecule has 12 heteroatoms. The Hall–Kier alpha value is -1.61. The van der Waals surface area contributed by atoms with Gasteiger partial charge in [0.15, 0.2) is 0 Å². The quantitative estimate of drug-likeness (QED) is 0.363. The van der Waals surface area contributed by atoms with Gasteiger partial charge < -0.3 is 49.5 Å². The van der Waals surface area contributed by atoms with Crippen LogP contribution in [0.25, 0.3) is 0 Å². The van der Waals surface area contributed by atoms with E-state index in [1.54, 1.807) is 0 Å². The van der Waals surface area contributed by atoms with Crippen LogP contribution in [0.4, 0.5) is 0 Å². The second-order valence-corrected chi connectivity index (χ2v) is 2.46. The van der Waals surface area contributed by atoms with Crippen molar-refractivity contribution in [3.05, 3.63) is 0 Å². The first-order valence-corrected chi connectivity index (χ1v) is 4.54. The van der Waals surface area contributed by atoms with Gasteiger partial charge in [-0.25, -0.2) is 0 Å². The Morgan fingerprint density at radius 2 is 0.455 bits per heavy atom. The summed E-state index contributed by atoms with van der Waals surface area (Å²) >= 11 is 0. The molecule has 10 nitrogen and oxygen atoms in total. The number of carboxylic acids is 5. The summed E-state index contributed by atoms with van der Waals surface area (Å²) < 4.78 is 0. The van der Waals surface area contributed by atoms with Gasteiger partial charge in [-0.2, -0.15) is 0 Å². The monoisotopic (exact) mass is 381 g/mol. The van der Waals surface area contributed by atoms with Crippen LogP contribution in [0.5, 0.6) is 0 Å². The molecule has 0 spiro atoms. The molecule has 0 amide bonds. The summed E-state index contributed by atoms with van der Waals surface area (Å²) in [5, 5.41) is 44.4. The largest absolute Gasteiger partial charge is 3.00 e. The van der Waals surface area contributed by atoms with Crippen molar-refractivity contribution in [2.24, 2.45) is 0 Å². The number of carboxylic acid groups (broad SMARTS) is 5. The summed E-state index contributed by atoms with van der Waals surface area (Å²) in [6, 6.07) is 0. The van der Waals surface area contributed by atoms with Crippen LogP contribution in [-0.4, -0.2) is 47.2 Å². The van der Waals surface area contributed by atoms with Gasteiger partial charge in [-0.05, 0) is 34.6 Å². The zero-order valence-corrected chi connectivity index (χ0v) is 14.7. The molecular formula is C10H15AlCoO10. The molecule has 0 aliphatic rings. The average molecular weight is 381 g/mol. The molecule has 0 aromatic rings. The Kier molecular flexibility index (Phi) is 71.1. The second kappa shape index (κ2) is 36.6. The molecule has 0 rings (SSSR count). The Morgan fingerprint density at radius 3 is 0.455 bits per heavy atom. The van der Waals surface area contributed by atoms with E-state index in [2.05, 4.69) is 0 Å². The Morgan fingerprint density at radius 1 is 0.455 bits per heavy atom. The Bertz CT molecular complexity index is 216. The third-order valence-corrected chi connectivity index (χ3v) is 0. The molecule has 0 N–H and O–H groups in total. The van der Waals surface area contributed by atoms with Crippen molar-refractivity contribution in [1.82, 2.24) is 0 Å². The minimum absolute atomic E-state index is 0. The summed E-state index contributed by atoms with van der Waals surface area (Å²) in [4.78, 5) is 44.4. The van der Waals surface area contributed by atoms with Crippen LogP contribution < -0.4 is 25.5 Å². The van der Waals surface area contributed by atoms with Crippen molar-refractivity contribution >= 4 is 47.2 Å². The van der Waals surface area contributed by atoms with Crippen molar-refractivity contribution in [2.75, 3.05) is 0 Å². The third-order valence-electron chi connectivity index (χ3n) is 0. The third kappa shape index (κ3) is 2140. The first kappa shape index (κ1) is 42.8. The SMILES string of the molecule is CC(=O)[O-].CC(=O)[O-].CC(=O)[O-].CC(=O)[O-].CC(=O)[O-].[Al+3].[Co+2]. The number of hydrogen-bond donors (Lipinski definition) is 0. The number of hydrogen-bond acceptors (Lipinski definition) is 10. The maximum atomic E-state index is 8.89. The average Bonchev–Trinajstić information content (AvgIpc) is 1.94. The van der Waals surface area contributed by atoms with Gasteiger partial charge in [0.05, 0.1) is 0 Å². The van der Waals surface area contributed by atoms with Gasteiger partial charge >= 0.3 is 34.1 Å². The molecule has 0 unspecified atom stereocenters. The maximum absolute atomic E-state index is 8.89. The first-order valence-electron chi connectivity index (χ1n) is 4.54. The van der Waals surface area contributed by atoms with Crippen LogP contribution in [0, 0.1) is 0 Å². The summed E-state index contributed by atoms with van der Waals surface area (Å²) in [5.41, 5.74) is 0. The van der Waals surface area contributed by atoms with Gasteiger partial charge in [0.2, 0.25) is 0 Å². The zero-order chi connectivity index (χ0) is 17.9. The van der Waals surface area contributed by atoms with Crippen LogP contribution in [0.15, 0.2) is 0 Å². The number of rotatable bonds is 0. The molecule has 0 aliphatic carbocycles. The van der Waals surface area contributed by atoms with Crippen LogP contribution in [0.1, 0.15) is 34.6 Å². The zero-order valence-electron chi connectivity index (χ0n) is 12.5. The van der Waals surface area contributed by atoms with Gasteiger partial charge in [-0.15, -0.1) is 0 Å².